The zero-order chi connectivity index (χ0) is 23.5. The topological polar surface area (TPSA) is 100 Å². The van der Waals surface area contributed by atoms with Crippen LogP contribution in [0.25, 0.3) is 6.08 Å². The number of benzene rings is 3. The Morgan fingerprint density at radius 1 is 0.970 bits per heavy atom. The molecule has 3 aromatic rings. The van der Waals surface area contributed by atoms with Crippen LogP contribution < -0.4 is 20.1 Å². The van der Waals surface area contributed by atoms with E-state index in [4.69, 9.17) is 9.47 Å². The molecule has 0 spiro atoms. The smallest absolute Gasteiger partial charge is 0.262 e. The number of nitrogens with one attached hydrogen (secondary N) is 2. The molecule has 2 N–H and O–H groups in total. The number of hydrogen-bond donors (Lipinski definition) is 2. The Kier molecular flexibility index (Phi) is 8.21. The Labute approximate surface area is 192 Å². The van der Waals surface area contributed by atoms with E-state index in [2.05, 4.69) is 10.6 Å². The van der Waals surface area contributed by atoms with Gasteiger partial charge in [0, 0.05) is 12.2 Å². The molecule has 7 nitrogen and oxygen atoms in total. The molecule has 0 atom stereocenters. The van der Waals surface area contributed by atoms with Crippen molar-refractivity contribution in [3.63, 3.8) is 0 Å². The van der Waals surface area contributed by atoms with E-state index in [1.807, 2.05) is 54.6 Å². The number of rotatable bonds is 9. The summed E-state index contributed by atoms with van der Waals surface area (Å²) in [7, 11) is 1.47. The first-order valence-corrected chi connectivity index (χ1v) is 10.2. The van der Waals surface area contributed by atoms with Crippen LogP contribution in [-0.2, 0) is 16.1 Å². The standard InChI is InChI=1S/C26H23N3O4/c1-32-24-15-20(14-21(16-27)26(31)28-17-19-8-4-2-5-9-19)12-13-23(24)33-18-25(30)29-22-10-6-3-7-11-22/h2-15H,17-18H2,1H3,(H,28,31)(H,29,30)/b21-14+. The number of amides is 2. The van der Waals surface area contributed by atoms with Crippen molar-refractivity contribution >= 4 is 23.6 Å². The lowest BCUT2D eigenvalue weighted by atomic mass is 10.1. The molecule has 0 radical (unpaired) electrons. The molecule has 0 aliphatic carbocycles. The van der Waals surface area contributed by atoms with Crippen molar-refractivity contribution in [2.45, 2.75) is 6.54 Å². The van der Waals surface area contributed by atoms with Crippen LogP contribution >= 0.6 is 0 Å². The molecule has 3 aromatic carbocycles. The number of nitrogens with zero attached hydrogens (tertiary/aromatic N) is 1. The number of carbonyl (C=O) groups is 2. The van der Waals surface area contributed by atoms with Crippen LogP contribution in [0, 0.1) is 11.3 Å². The van der Waals surface area contributed by atoms with Crippen LogP contribution in [0.3, 0.4) is 0 Å². The minimum atomic E-state index is -0.474. The SMILES string of the molecule is COc1cc(/C=C(\C#N)C(=O)NCc2ccccc2)ccc1OCC(=O)Nc1ccccc1. The fourth-order valence-electron chi connectivity index (χ4n) is 2.94. The monoisotopic (exact) mass is 441 g/mol. The molecule has 0 aromatic heterocycles. The summed E-state index contributed by atoms with van der Waals surface area (Å²) in [4.78, 5) is 24.5. The Balaban J connectivity index is 1.63. The quantitative estimate of drug-likeness (QED) is 0.387. The summed E-state index contributed by atoms with van der Waals surface area (Å²) in [5.41, 5.74) is 2.15. The lowest BCUT2D eigenvalue weighted by Gasteiger charge is -2.12. The highest BCUT2D eigenvalue weighted by molar-refractivity contribution is 6.01. The van der Waals surface area contributed by atoms with E-state index >= 15 is 0 Å². The summed E-state index contributed by atoms with van der Waals surface area (Å²) in [5.74, 6) is -0.0459. The maximum absolute atomic E-state index is 12.4. The molecule has 0 heterocycles. The summed E-state index contributed by atoms with van der Waals surface area (Å²) >= 11 is 0. The van der Waals surface area contributed by atoms with Crippen molar-refractivity contribution in [1.29, 1.82) is 5.26 Å². The second kappa shape index (κ2) is 11.7. The largest absolute Gasteiger partial charge is 0.493 e. The van der Waals surface area contributed by atoms with E-state index in [0.717, 1.165) is 5.56 Å². The van der Waals surface area contributed by atoms with E-state index in [0.29, 0.717) is 29.3 Å². The molecule has 0 saturated heterocycles. The van der Waals surface area contributed by atoms with Gasteiger partial charge < -0.3 is 20.1 Å². The number of nitriles is 1. The molecule has 0 saturated carbocycles. The van der Waals surface area contributed by atoms with Crippen molar-refractivity contribution in [3.05, 3.63) is 95.6 Å². The molecule has 0 aliphatic rings. The van der Waals surface area contributed by atoms with Gasteiger partial charge in [-0.25, -0.2) is 0 Å². The summed E-state index contributed by atoms with van der Waals surface area (Å²) < 4.78 is 10.9. The zero-order valence-electron chi connectivity index (χ0n) is 18.1. The lowest BCUT2D eigenvalue weighted by molar-refractivity contribution is -0.118. The van der Waals surface area contributed by atoms with Crippen LogP contribution in [0.15, 0.2) is 84.4 Å². The predicted molar refractivity (Wildman–Crippen MR) is 125 cm³/mol. The van der Waals surface area contributed by atoms with Crippen LogP contribution in [0.4, 0.5) is 5.69 Å². The van der Waals surface area contributed by atoms with Gasteiger partial charge in [-0.05, 0) is 41.5 Å². The van der Waals surface area contributed by atoms with Crippen LogP contribution in [0.5, 0.6) is 11.5 Å². The average Bonchev–Trinajstić information content (AvgIpc) is 2.86. The lowest BCUT2D eigenvalue weighted by Crippen LogP contribution is -2.23. The van der Waals surface area contributed by atoms with Gasteiger partial charge in [-0.1, -0.05) is 54.6 Å². The number of para-hydroxylation sites is 1. The first kappa shape index (κ1) is 23.1. The van der Waals surface area contributed by atoms with Gasteiger partial charge in [0.15, 0.2) is 18.1 Å². The highest BCUT2D eigenvalue weighted by Gasteiger charge is 2.12. The summed E-state index contributed by atoms with van der Waals surface area (Å²) in [6.45, 7) is 0.117. The van der Waals surface area contributed by atoms with Gasteiger partial charge >= 0.3 is 0 Å². The number of carbonyl (C=O) groups excluding carboxylic acids is 2. The molecule has 33 heavy (non-hydrogen) atoms. The van der Waals surface area contributed by atoms with Gasteiger partial charge in [0.05, 0.1) is 7.11 Å². The number of ether oxygens (including phenoxy) is 2. The van der Waals surface area contributed by atoms with Crippen molar-refractivity contribution in [1.82, 2.24) is 5.32 Å². The number of hydrogen-bond acceptors (Lipinski definition) is 5. The van der Waals surface area contributed by atoms with E-state index in [9.17, 15) is 14.9 Å². The summed E-state index contributed by atoms with van der Waals surface area (Å²) in [6, 6.07) is 25.3. The third kappa shape index (κ3) is 6.97. The van der Waals surface area contributed by atoms with Crippen molar-refractivity contribution in [2.75, 3.05) is 19.0 Å². The molecule has 2 amide bonds. The predicted octanol–water partition coefficient (Wildman–Crippen LogP) is 3.94. The highest BCUT2D eigenvalue weighted by Crippen LogP contribution is 2.29. The first-order chi connectivity index (χ1) is 16.1. The minimum absolute atomic E-state index is 0.0381. The van der Waals surface area contributed by atoms with Crippen molar-refractivity contribution < 1.29 is 19.1 Å². The molecule has 0 aliphatic heterocycles. The fourth-order valence-corrected chi connectivity index (χ4v) is 2.94. The Hall–Kier alpha value is -4.57. The Morgan fingerprint density at radius 3 is 2.33 bits per heavy atom. The number of methoxy groups -OCH3 is 1. The Morgan fingerprint density at radius 2 is 1.67 bits per heavy atom. The van der Waals surface area contributed by atoms with Crippen LogP contribution in [-0.4, -0.2) is 25.5 Å². The normalized spacial score (nSPS) is 10.6. The third-order valence-corrected chi connectivity index (χ3v) is 4.58. The minimum Gasteiger partial charge on any atom is -0.493 e. The maximum atomic E-state index is 12.4. The van der Waals surface area contributed by atoms with Crippen LogP contribution in [0.1, 0.15) is 11.1 Å². The van der Waals surface area contributed by atoms with Crippen LogP contribution in [0.2, 0.25) is 0 Å². The van der Waals surface area contributed by atoms with Gasteiger partial charge in [-0.15, -0.1) is 0 Å². The number of anilines is 1. The van der Waals surface area contributed by atoms with Crippen molar-refractivity contribution in [3.8, 4) is 17.6 Å². The molecule has 3 rings (SSSR count). The molecular formula is C26H23N3O4. The Bertz CT molecular complexity index is 1170. The third-order valence-electron chi connectivity index (χ3n) is 4.58. The molecule has 0 bridgehead atoms. The molecule has 0 fully saturated rings. The van der Waals surface area contributed by atoms with Gasteiger partial charge in [-0.3, -0.25) is 9.59 Å². The fraction of sp³-hybridized carbons (Fsp3) is 0.115. The van der Waals surface area contributed by atoms with E-state index in [1.165, 1.54) is 13.2 Å². The van der Waals surface area contributed by atoms with Gasteiger partial charge in [0.2, 0.25) is 0 Å². The summed E-state index contributed by atoms with van der Waals surface area (Å²) in [6.07, 6.45) is 1.47. The molecule has 0 unspecified atom stereocenters. The van der Waals surface area contributed by atoms with Gasteiger partial charge in [0.1, 0.15) is 11.6 Å². The first-order valence-electron chi connectivity index (χ1n) is 10.2. The van der Waals surface area contributed by atoms with E-state index in [1.54, 1.807) is 30.3 Å². The second-order valence-corrected chi connectivity index (χ2v) is 6.95. The van der Waals surface area contributed by atoms with Crippen molar-refractivity contribution in [2.24, 2.45) is 0 Å². The molecular weight excluding hydrogens is 418 g/mol. The highest BCUT2D eigenvalue weighted by atomic mass is 16.5. The van der Waals surface area contributed by atoms with E-state index < -0.39 is 5.91 Å². The zero-order valence-corrected chi connectivity index (χ0v) is 18.1. The molecule has 7 heteroatoms. The van der Waals surface area contributed by atoms with Gasteiger partial charge in [-0.2, -0.15) is 5.26 Å². The van der Waals surface area contributed by atoms with E-state index in [-0.39, 0.29) is 18.1 Å². The summed E-state index contributed by atoms with van der Waals surface area (Å²) in [5, 5.41) is 14.9. The maximum Gasteiger partial charge on any atom is 0.262 e. The second-order valence-electron chi connectivity index (χ2n) is 6.95. The van der Waals surface area contributed by atoms with Gasteiger partial charge in [0.25, 0.3) is 11.8 Å². The molecule has 166 valence electrons. The average molecular weight is 441 g/mol.